The zero-order valence-electron chi connectivity index (χ0n) is 48.8. The zero-order valence-corrected chi connectivity index (χ0v) is 52.8. The summed E-state index contributed by atoms with van der Waals surface area (Å²) in [6.45, 7) is 50.2. The highest BCUT2D eigenvalue weighted by molar-refractivity contribution is 6.76. The van der Waals surface area contributed by atoms with Gasteiger partial charge in [-0.1, -0.05) is 119 Å². The Labute approximate surface area is 445 Å². The second-order valence-corrected chi connectivity index (χ2v) is 45.9. The third kappa shape index (κ3) is 14.9. The second kappa shape index (κ2) is 21.9. The van der Waals surface area contributed by atoms with Crippen LogP contribution in [0.25, 0.3) is 0 Å². The molecule has 0 spiro atoms. The van der Waals surface area contributed by atoms with Crippen molar-refractivity contribution in [2.24, 2.45) is 0 Å². The Morgan fingerprint density at radius 2 is 0.822 bits per heavy atom. The van der Waals surface area contributed by atoms with Crippen molar-refractivity contribution in [2.45, 2.75) is 201 Å². The van der Waals surface area contributed by atoms with E-state index in [0.717, 1.165) is 82.8 Å². The van der Waals surface area contributed by atoms with Crippen molar-refractivity contribution >= 4 is 39.2 Å². The molecule has 0 saturated carbocycles. The fraction of sp³-hybridized carbons (Fsp3) is 0.576. The third-order valence-corrected chi connectivity index (χ3v) is 34.1. The largest absolute Gasteiger partial charge is 0.541 e. The summed E-state index contributed by atoms with van der Waals surface area (Å²) in [4.78, 5) is 17.8. The average molecular weight is 1070 g/mol. The van der Waals surface area contributed by atoms with Gasteiger partial charge in [0.05, 0.1) is 0 Å². The number of ether oxygens (including phenoxy) is 2. The maximum Gasteiger partial charge on any atom is 0.250 e. The molecule has 0 bridgehead atoms. The molecular weight excluding hydrogens is 975 g/mol. The lowest BCUT2D eigenvalue weighted by atomic mass is 10.0. The van der Waals surface area contributed by atoms with Gasteiger partial charge < -0.3 is 32.5 Å². The van der Waals surface area contributed by atoms with E-state index in [1.165, 1.54) is 11.1 Å². The molecule has 402 valence electrons. The van der Waals surface area contributed by atoms with Gasteiger partial charge in [0, 0.05) is 50.3 Å². The molecule has 0 aliphatic carbocycles. The number of benzene rings is 4. The number of carbonyl (C=O) groups excluding carboxylic acids is 1. The van der Waals surface area contributed by atoms with Crippen LogP contribution < -0.4 is 32.5 Å². The number of hydrogen-bond acceptors (Lipinski definition) is 9. The molecule has 10 nitrogen and oxygen atoms in total. The highest BCUT2D eigenvalue weighted by Crippen LogP contribution is 2.46. The molecule has 73 heavy (non-hydrogen) atoms. The fourth-order valence-corrected chi connectivity index (χ4v) is 11.8. The number of amides is 1. The highest BCUT2D eigenvalue weighted by Gasteiger charge is 2.44. The Bertz CT molecular complexity index is 2570. The molecule has 0 radical (unpaired) electrons. The average Bonchev–Trinajstić information content (AvgIpc) is 3.25. The molecule has 6 rings (SSSR count). The lowest BCUT2D eigenvalue weighted by molar-refractivity contribution is -0.121. The summed E-state index contributed by atoms with van der Waals surface area (Å²) in [7, 11) is -8.48. The van der Waals surface area contributed by atoms with Gasteiger partial charge in [-0.05, 0) is 144 Å². The van der Waals surface area contributed by atoms with Crippen molar-refractivity contribution in [1.29, 1.82) is 0 Å². The van der Waals surface area contributed by atoms with E-state index in [-0.39, 0.29) is 26.1 Å². The number of aryl methyl sites for hydroxylation is 1. The van der Waals surface area contributed by atoms with E-state index in [2.05, 4.69) is 223 Å². The van der Waals surface area contributed by atoms with Crippen molar-refractivity contribution in [1.82, 2.24) is 15.1 Å². The molecule has 0 unspecified atom stereocenters. The van der Waals surface area contributed by atoms with Crippen LogP contribution >= 0.6 is 0 Å². The molecule has 0 saturated heterocycles. The minimum absolute atomic E-state index is 0.0490. The smallest absolute Gasteiger partial charge is 0.250 e. The molecular formula is C59H93N3O7Si4. The number of nitrogens with zero attached hydrogens (tertiary/aromatic N) is 2. The third-order valence-electron chi connectivity index (χ3n) is 16.7. The van der Waals surface area contributed by atoms with Gasteiger partial charge >= 0.3 is 0 Å². The fourth-order valence-electron chi connectivity index (χ4n) is 7.75. The van der Waals surface area contributed by atoms with E-state index >= 15 is 0 Å². The van der Waals surface area contributed by atoms with E-state index in [4.69, 9.17) is 27.2 Å². The number of nitrogens with one attached hydrogen (secondary N) is 1. The van der Waals surface area contributed by atoms with Crippen LogP contribution in [-0.2, 0) is 43.8 Å². The van der Waals surface area contributed by atoms with Crippen LogP contribution in [0, 0.1) is 0 Å². The Balaban J connectivity index is 1.02. The lowest BCUT2D eigenvalue weighted by Gasteiger charge is -2.40. The van der Waals surface area contributed by atoms with Gasteiger partial charge in [0.2, 0.25) is 5.91 Å². The number of rotatable bonds is 18. The van der Waals surface area contributed by atoms with Crippen molar-refractivity contribution < 1.29 is 32.0 Å². The van der Waals surface area contributed by atoms with Crippen molar-refractivity contribution in [3.63, 3.8) is 0 Å². The van der Waals surface area contributed by atoms with E-state index < -0.39 is 33.3 Å². The topological polar surface area (TPSA) is 91.0 Å². The van der Waals surface area contributed by atoms with Gasteiger partial charge in [-0.15, -0.1) is 0 Å². The zero-order chi connectivity index (χ0) is 54.2. The van der Waals surface area contributed by atoms with Gasteiger partial charge in [0.1, 0.15) is 48.0 Å². The van der Waals surface area contributed by atoms with Gasteiger partial charge in [-0.2, -0.15) is 0 Å². The predicted octanol–water partition coefficient (Wildman–Crippen LogP) is 15.2. The number of fused-ring (bicyclic) bond motifs is 2. The van der Waals surface area contributed by atoms with Crippen LogP contribution in [-0.4, -0.2) is 69.0 Å². The Hall–Kier alpha value is -4.06. The molecule has 2 heterocycles. The Morgan fingerprint density at radius 1 is 0.479 bits per heavy atom. The van der Waals surface area contributed by atoms with Crippen molar-refractivity contribution in [3.8, 4) is 34.5 Å². The first-order chi connectivity index (χ1) is 33.5. The second-order valence-electron chi connectivity index (χ2n) is 27.0. The Kier molecular flexibility index (Phi) is 17.4. The first-order valence-corrected chi connectivity index (χ1v) is 38.4. The minimum Gasteiger partial charge on any atom is -0.541 e. The predicted molar refractivity (Wildman–Crippen MR) is 312 cm³/mol. The normalized spacial score (nSPS) is 15.4. The van der Waals surface area contributed by atoms with Gasteiger partial charge in [-0.3, -0.25) is 14.6 Å². The number of hydrogen-bond donors (Lipinski definition) is 1. The monoisotopic (exact) mass is 1070 g/mol. The van der Waals surface area contributed by atoms with Crippen LogP contribution in [0.15, 0.2) is 72.8 Å². The SMILES string of the molecule is CC(C)(C)[Si](C)(C)Oc1ccc(CN2COc3ccc(CCNC(=O)CCc4ccc5c(c4)CN(Cc4ccc(O[Si](C)(C)C(C)(C)C)c(O[Si](C)(C)C(C)(C)C)c4)CO5)cc3C2)cc1O[Si](C)(C)C(C)(C)C. The van der Waals surface area contributed by atoms with Crippen molar-refractivity contribution in [3.05, 3.63) is 106 Å². The summed E-state index contributed by atoms with van der Waals surface area (Å²) in [5.74, 6) is 5.28. The summed E-state index contributed by atoms with van der Waals surface area (Å²) >= 11 is 0. The summed E-state index contributed by atoms with van der Waals surface area (Å²) in [6, 6.07) is 25.8. The van der Waals surface area contributed by atoms with Crippen LogP contribution in [0.3, 0.4) is 0 Å². The number of carbonyl (C=O) groups is 1. The summed E-state index contributed by atoms with van der Waals surface area (Å²) in [5, 5.41) is 3.42. The summed E-state index contributed by atoms with van der Waals surface area (Å²) < 4.78 is 40.2. The molecule has 4 aromatic rings. The molecule has 0 atom stereocenters. The molecule has 2 aliphatic heterocycles. The molecule has 4 aromatic carbocycles. The minimum atomic E-state index is -2.14. The van der Waals surface area contributed by atoms with E-state index in [9.17, 15) is 4.79 Å². The van der Waals surface area contributed by atoms with Crippen LogP contribution in [0.5, 0.6) is 34.5 Å². The molecule has 1 N–H and O–H groups in total. The van der Waals surface area contributed by atoms with Gasteiger partial charge in [0.25, 0.3) is 33.3 Å². The van der Waals surface area contributed by atoms with Crippen molar-refractivity contribution in [2.75, 3.05) is 20.0 Å². The molecule has 0 aromatic heterocycles. The molecule has 1 amide bonds. The van der Waals surface area contributed by atoms with Crippen LogP contribution in [0.2, 0.25) is 72.5 Å². The first-order valence-electron chi connectivity index (χ1n) is 26.8. The standard InChI is InChI=1S/C59H93N3O7Si4/c1-56(2,3)70(13,14)66-51-28-23-45(35-53(51)68-72(17,18)58(7,8)9)37-61-39-47-33-43(21-26-49(47)64-41-61)25-30-55(63)60-32-31-44-22-27-50-48(34-44)40-62(42-65-50)38-46-24-29-52(67-71(15,16)57(4,5)6)54(36-46)69-73(19,20)59(10,11)12/h21-24,26-29,33-36H,25,30-32,37-42H2,1-20H3,(H,60,63). The summed E-state index contributed by atoms with van der Waals surface area (Å²) in [6.07, 6.45) is 1.82. The highest BCUT2D eigenvalue weighted by atomic mass is 28.4. The van der Waals surface area contributed by atoms with Gasteiger partial charge in [0.15, 0.2) is 0 Å². The maximum atomic E-state index is 13.2. The molecule has 0 fully saturated rings. The van der Waals surface area contributed by atoms with Gasteiger partial charge in [-0.25, -0.2) is 0 Å². The quantitative estimate of drug-likeness (QED) is 0.0979. The van der Waals surface area contributed by atoms with E-state index in [1.807, 2.05) is 0 Å². The lowest BCUT2D eigenvalue weighted by Crippen LogP contribution is -2.45. The van der Waals surface area contributed by atoms with Crippen LogP contribution in [0.4, 0.5) is 0 Å². The molecule has 2 aliphatic rings. The Morgan fingerprint density at radius 3 is 1.19 bits per heavy atom. The summed E-state index contributed by atoms with van der Waals surface area (Å²) in [5.41, 5.74) is 6.93. The maximum absolute atomic E-state index is 13.2. The molecule has 14 heteroatoms. The van der Waals surface area contributed by atoms with Crippen LogP contribution in [0.1, 0.15) is 123 Å². The van der Waals surface area contributed by atoms with E-state index in [0.29, 0.717) is 39.4 Å². The van der Waals surface area contributed by atoms with E-state index in [1.54, 1.807) is 0 Å². The first kappa shape index (κ1) is 58.2.